The summed E-state index contributed by atoms with van der Waals surface area (Å²) in [5.41, 5.74) is 0.822. The van der Waals surface area contributed by atoms with Crippen LogP contribution in [0.25, 0.3) is 0 Å². The first-order valence-corrected chi connectivity index (χ1v) is 7.38. The van der Waals surface area contributed by atoms with Gasteiger partial charge in [0.2, 0.25) is 0 Å². The van der Waals surface area contributed by atoms with Gasteiger partial charge in [0, 0.05) is 6.42 Å². The van der Waals surface area contributed by atoms with E-state index in [2.05, 4.69) is 6.58 Å². The van der Waals surface area contributed by atoms with Crippen LogP contribution >= 0.6 is 0 Å². The molecule has 0 aliphatic carbocycles. The third-order valence-corrected chi connectivity index (χ3v) is 3.27. The quantitative estimate of drug-likeness (QED) is 0.638. The molecule has 1 aliphatic rings. The number of carbonyl (C=O) groups excluding carboxylic acids is 2. The topological polar surface area (TPSA) is 76.1 Å². The van der Waals surface area contributed by atoms with Gasteiger partial charge in [0.1, 0.15) is 11.6 Å². The molecule has 23 heavy (non-hydrogen) atoms. The van der Waals surface area contributed by atoms with Gasteiger partial charge in [0.15, 0.2) is 0 Å². The van der Waals surface area contributed by atoms with Crippen LogP contribution in [0, 0.1) is 0 Å². The fourth-order valence-corrected chi connectivity index (χ4v) is 2.31. The molecule has 1 atom stereocenters. The van der Waals surface area contributed by atoms with Crippen LogP contribution in [0.3, 0.4) is 0 Å². The Morgan fingerprint density at radius 1 is 1.35 bits per heavy atom. The molecule has 0 radical (unpaired) electrons. The molecular weight excluding hydrogens is 298 g/mol. The van der Waals surface area contributed by atoms with Crippen molar-refractivity contribution in [1.29, 1.82) is 0 Å². The highest BCUT2D eigenvalue weighted by Crippen LogP contribution is 2.28. The SMILES string of the molecule is C=CC1=C(/C=C(\C)O)CN(C(=O)OC(C)(C)C)[C@H](C(=O)OC)C1. The Balaban J connectivity index is 3.21. The Kier molecular flexibility index (Phi) is 6.01. The predicted molar refractivity (Wildman–Crippen MR) is 87.0 cm³/mol. The molecule has 0 bridgehead atoms. The maximum atomic E-state index is 12.4. The van der Waals surface area contributed by atoms with Crippen LogP contribution in [0.1, 0.15) is 34.1 Å². The summed E-state index contributed by atoms with van der Waals surface area (Å²) >= 11 is 0. The molecule has 1 rings (SSSR count). The van der Waals surface area contributed by atoms with Crippen molar-refractivity contribution in [2.75, 3.05) is 13.7 Å². The van der Waals surface area contributed by atoms with Gasteiger partial charge in [-0.15, -0.1) is 0 Å². The van der Waals surface area contributed by atoms with E-state index >= 15 is 0 Å². The largest absolute Gasteiger partial charge is 0.513 e. The van der Waals surface area contributed by atoms with Gasteiger partial charge in [-0.05, 0) is 44.9 Å². The smallest absolute Gasteiger partial charge is 0.411 e. The molecule has 1 N–H and O–H groups in total. The van der Waals surface area contributed by atoms with Crippen molar-refractivity contribution >= 4 is 12.1 Å². The summed E-state index contributed by atoms with van der Waals surface area (Å²) in [6, 6.07) is -0.779. The van der Waals surface area contributed by atoms with Crippen LogP contribution in [0.2, 0.25) is 0 Å². The van der Waals surface area contributed by atoms with Gasteiger partial charge in [0.05, 0.1) is 19.4 Å². The van der Waals surface area contributed by atoms with E-state index in [9.17, 15) is 14.7 Å². The van der Waals surface area contributed by atoms with Gasteiger partial charge in [-0.1, -0.05) is 12.7 Å². The number of nitrogens with zero attached hydrogens (tertiary/aromatic N) is 1. The number of aliphatic hydroxyl groups excluding tert-OH is 1. The summed E-state index contributed by atoms with van der Waals surface area (Å²) in [4.78, 5) is 25.8. The van der Waals surface area contributed by atoms with Crippen molar-refractivity contribution in [3.05, 3.63) is 35.6 Å². The third-order valence-electron chi connectivity index (χ3n) is 3.27. The lowest BCUT2D eigenvalue weighted by molar-refractivity contribution is -0.146. The number of hydrogen-bond donors (Lipinski definition) is 1. The number of methoxy groups -OCH3 is 1. The van der Waals surface area contributed by atoms with Crippen LogP contribution in [0.15, 0.2) is 35.6 Å². The van der Waals surface area contributed by atoms with E-state index in [1.54, 1.807) is 32.9 Å². The highest BCUT2D eigenvalue weighted by Gasteiger charge is 2.37. The molecule has 0 aromatic rings. The molecule has 1 amide bonds. The average molecular weight is 323 g/mol. The standard InChI is InChI=1S/C17H25NO5/c1-7-12-9-14(15(20)22-6)18(10-13(12)8-11(2)19)16(21)23-17(3,4)5/h7-8,14,19H,1,9-10H2,2-6H3/b11-8+/t14-/m0/s1. The number of amides is 1. The lowest BCUT2D eigenvalue weighted by Crippen LogP contribution is -2.50. The highest BCUT2D eigenvalue weighted by atomic mass is 16.6. The molecule has 0 aromatic heterocycles. The summed E-state index contributed by atoms with van der Waals surface area (Å²) in [5.74, 6) is -0.404. The van der Waals surface area contributed by atoms with E-state index in [0.29, 0.717) is 5.57 Å². The van der Waals surface area contributed by atoms with Crippen molar-refractivity contribution in [3.63, 3.8) is 0 Å². The first-order valence-electron chi connectivity index (χ1n) is 7.38. The zero-order valence-corrected chi connectivity index (χ0v) is 14.4. The fourth-order valence-electron chi connectivity index (χ4n) is 2.31. The second kappa shape index (κ2) is 7.35. The summed E-state index contributed by atoms with van der Waals surface area (Å²) in [6.07, 6.45) is 2.84. The van der Waals surface area contributed by atoms with Gasteiger partial charge in [-0.3, -0.25) is 4.90 Å². The van der Waals surface area contributed by atoms with Crippen molar-refractivity contribution in [2.24, 2.45) is 0 Å². The van der Waals surface area contributed by atoms with Gasteiger partial charge < -0.3 is 14.6 Å². The van der Waals surface area contributed by atoms with Crippen molar-refractivity contribution in [3.8, 4) is 0 Å². The van der Waals surface area contributed by atoms with Crippen molar-refractivity contribution in [1.82, 2.24) is 4.90 Å². The van der Waals surface area contributed by atoms with E-state index in [1.165, 1.54) is 18.9 Å². The van der Waals surface area contributed by atoms with Crippen molar-refractivity contribution in [2.45, 2.75) is 45.8 Å². The first-order chi connectivity index (χ1) is 10.6. The van der Waals surface area contributed by atoms with Gasteiger partial charge in [-0.2, -0.15) is 0 Å². The van der Waals surface area contributed by atoms with E-state index < -0.39 is 23.7 Å². The van der Waals surface area contributed by atoms with E-state index in [4.69, 9.17) is 9.47 Å². The minimum atomic E-state index is -0.779. The molecule has 0 aromatic carbocycles. The molecule has 128 valence electrons. The Hall–Kier alpha value is -2.24. The Labute approximate surface area is 137 Å². The van der Waals surface area contributed by atoms with Crippen LogP contribution < -0.4 is 0 Å². The summed E-state index contributed by atoms with van der Waals surface area (Å²) < 4.78 is 10.2. The Bertz CT molecular complexity index is 550. The number of hydrogen-bond acceptors (Lipinski definition) is 5. The summed E-state index contributed by atoms with van der Waals surface area (Å²) in [5, 5.41) is 9.52. The molecule has 6 heteroatoms. The van der Waals surface area contributed by atoms with Crippen molar-refractivity contribution < 1.29 is 24.2 Å². The Morgan fingerprint density at radius 2 is 1.96 bits per heavy atom. The van der Waals surface area contributed by atoms with Crippen LogP contribution in [0.5, 0.6) is 0 Å². The maximum Gasteiger partial charge on any atom is 0.411 e. The predicted octanol–water partition coefficient (Wildman–Crippen LogP) is 3.11. The number of allylic oxidation sites excluding steroid dienone is 2. The number of rotatable bonds is 3. The lowest BCUT2D eigenvalue weighted by Gasteiger charge is -2.36. The minimum absolute atomic E-state index is 0.111. The summed E-state index contributed by atoms with van der Waals surface area (Å²) in [6.45, 7) is 10.7. The lowest BCUT2D eigenvalue weighted by atomic mass is 9.93. The zero-order valence-electron chi connectivity index (χ0n) is 14.4. The molecular formula is C17H25NO5. The monoisotopic (exact) mass is 323 g/mol. The molecule has 6 nitrogen and oxygen atoms in total. The van der Waals surface area contributed by atoms with Crippen LogP contribution in [-0.4, -0.2) is 47.4 Å². The average Bonchev–Trinajstić information content (AvgIpc) is 2.43. The molecule has 0 saturated carbocycles. The van der Waals surface area contributed by atoms with E-state index in [-0.39, 0.29) is 18.7 Å². The molecule has 0 fully saturated rings. The maximum absolute atomic E-state index is 12.4. The normalized spacial score (nSPS) is 19.4. The zero-order chi connectivity index (χ0) is 17.8. The van der Waals surface area contributed by atoms with E-state index in [1.807, 2.05) is 0 Å². The number of carbonyl (C=O) groups is 2. The third kappa shape index (κ3) is 5.16. The number of esters is 1. The number of ether oxygens (including phenoxy) is 2. The molecule has 1 heterocycles. The first kappa shape index (κ1) is 18.8. The van der Waals surface area contributed by atoms with Crippen LogP contribution in [0.4, 0.5) is 4.79 Å². The van der Waals surface area contributed by atoms with E-state index in [0.717, 1.165) is 5.57 Å². The second-order valence-corrected chi connectivity index (χ2v) is 6.39. The fraction of sp³-hybridized carbons (Fsp3) is 0.529. The van der Waals surface area contributed by atoms with Gasteiger partial charge in [-0.25, -0.2) is 9.59 Å². The summed E-state index contributed by atoms with van der Waals surface area (Å²) in [7, 11) is 1.28. The molecule has 0 spiro atoms. The van der Waals surface area contributed by atoms with Gasteiger partial charge in [0.25, 0.3) is 0 Å². The second-order valence-electron chi connectivity index (χ2n) is 6.39. The molecule has 1 aliphatic heterocycles. The molecule has 0 saturated heterocycles. The number of aliphatic hydroxyl groups is 1. The Morgan fingerprint density at radius 3 is 2.39 bits per heavy atom. The highest BCUT2D eigenvalue weighted by molar-refractivity contribution is 5.83. The molecule has 0 unspecified atom stereocenters. The van der Waals surface area contributed by atoms with Gasteiger partial charge >= 0.3 is 12.1 Å². The van der Waals surface area contributed by atoms with Crippen LogP contribution in [-0.2, 0) is 14.3 Å². The minimum Gasteiger partial charge on any atom is -0.513 e.